The van der Waals surface area contributed by atoms with Crippen molar-refractivity contribution in [2.75, 3.05) is 5.43 Å². The van der Waals surface area contributed by atoms with E-state index in [1.54, 1.807) is 17.4 Å². The first-order valence-electron chi connectivity index (χ1n) is 6.66. The topological polar surface area (TPSA) is 76.7 Å². The molecule has 3 heterocycles. The number of aromatic nitrogens is 3. The van der Waals surface area contributed by atoms with E-state index in [9.17, 15) is 4.39 Å². The molecule has 0 saturated heterocycles. The predicted octanol–water partition coefficient (Wildman–Crippen LogP) is 2.67. The fourth-order valence-electron chi connectivity index (χ4n) is 2.78. The number of hydrogen-bond acceptors (Lipinski definition) is 6. The van der Waals surface area contributed by atoms with Crippen molar-refractivity contribution in [3.05, 3.63) is 34.7 Å². The molecule has 0 unspecified atom stereocenters. The van der Waals surface area contributed by atoms with E-state index in [0.29, 0.717) is 17.2 Å². The molecule has 0 atom stereocenters. The Kier molecular flexibility index (Phi) is 2.83. The molecule has 0 aliphatic heterocycles. The van der Waals surface area contributed by atoms with Gasteiger partial charge in [0.1, 0.15) is 4.83 Å². The summed E-state index contributed by atoms with van der Waals surface area (Å²) >= 11 is 1.65. The van der Waals surface area contributed by atoms with Gasteiger partial charge in [-0.2, -0.15) is 0 Å². The second-order valence-electron chi connectivity index (χ2n) is 4.93. The number of nitrogens with zero attached hydrogens (tertiary/aromatic N) is 3. The molecule has 0 bridgehead atoms. The summed E-state index contributed by atoms with van der Waals surface area (Å²) < 4.78 is 13.9. The van der Waals surface area contributed by atoms with Crippen LogP contribution in [-0.2, 0) is 12.8 Å². The fraction of sp³-hybridized carbons (Fsp3) is 0.214. The van der Waals surface area contributed by atoms with Gasteiger partial charge in [-0.05, 0) is 30.9 Å². The van der Waals surface area contributed by atoms with Crippen LogP contribution in [0.3, 0.4) is 0 Å². The van der Waals surface area contributed by atoms with Crippen LogP contribution in [0.15, 0.2) is 18.5 Å². The standard InChI is InChI=1S/C14H12FN5S/c15-9-6-17-5-4-7(9)12-18-13(20-16)11-8-2-1-3-10(8)21-14(11)19-12/h4-6H,1-3,16H2,(H,18,19,20). The second-order valence-corrected chi connectivity index (χ2v) is 6.02. The Balaban J connectivity index is 1.99. The molecular formula is C14H12FN5S. The van der Waals surface area contributed by atoms with Crippen LogP contribution >= 0.6 is 11.3 Å². The lowest BCUT2D eigenvalue weighted by atomic mass is 10.2. The van der Waals surface area contributed by atoms with Crippen molar-refractivity contribution in [3.63, 3.8) is 0 Å². The zero-order valence-corrected chi connectivity index (χ0v) is 11.9. The molecule has 3 N–H and O–H groups in total. The van der Waals surface area contributed by atoms with Gasteiger partial charge in [-0.15, -0.1) is 11.3 Å². The highest BCUT2D eigenvalue weighted by Crippen LogP contribution is 2.40. The smallest absolute Gasteiger partial charge is 0.166 e. The van der Waals surface area contributed by atoms with Crippen molar-refractivity contribution in [2.24, 2.45) is 5.84 Å². The van der Waals surface area contributed by atoms with Crippen molar-refractivity contribution in [2.45, 2.75) is 19.3 Å². The summed E-state index contributed by atoms with van der Waals surface area (Å²) in [7, 11) is 0. The van der Waals surface area contributed by atoms with Gasteiger partial charge >= 0.3 is 0 Å². The van der Waals surface area contributed by atoms with Crippen LogP contribution in [0.5, 0.6) is 0 Å². The first-order valence-corrected chi connectivity index (χ1v) is 7.48. The summed E-state index contributed by atoms with van der Waals surface area (Å²) in [5.74, 6) is 6.06. The molecule has 0 amide bonds. The molecule has 0 radical (unpaired) electrons. The molecule has 0 spiro atoms. The molecule has 106 valence electrons. The molecule has 3 aromatic rings. The number of nitrogens with one attached hydrogen (secondary N) is 1. The van der Waals surface area contributed by atoms with Crippen LogP contribution in [0.4, 0.5) is 10.2 Å². The fourth-order valence-corrected chi connectivity index (χ4v) is 4.04. The minimum absolute atomic E-state index is 0.329. The summed E-state index contributed by atoms with van der Waals surface area (Å²) in [4.78, 5) is 14.9. The Morgan fingerprint density at radius 2 is 2.19 bits per heavy atom. The lowest BCUT2D eigenvalue weighted by molar-refractivity contribution is 0.624. The number of nitrogens with two attached hydrogens (primary N) is 1. The van der Waals surface area contributed by atoms with Crippen molar-refractivity contribution in [3.8, 4) is 11.4 Å². The van der Waals surface area contributed by atoms with E-state index in [1.165, 1.54) is 16.6 Å². The summed E-state index contributed by atoms with van der Waals surface area (Å²) in [5.41, 5.74) is 4.25. The Morgan fingerprint density at radius 1 is 1.29 bits per heavy atom. The van der Waals surface area contributed by atoms with Crippen molar-refractivity contribution >= 4 is 27.4 Å². The molecule has 1 aliphatic rings. The summed E-state index contributed by atoms with van der Waals surface area (Å²) in [6.45, 7) is 0. The highest BCUT2D eigenvalue weighted by atomic mass is 32.1. The molecule has 5 nitrogen and oxygen atoms in total. The lowest BCUT2D eigenvalue weighted by Gasteiger charge is -2.07. The molecule has 1 aliphatic carbocycles. The van der Waals surface area contributed by atoms with Crippen molar-refractivity contribution in [1.82, 2.24) is 15.0 Å². The number of pyridine rings is 1. The molecule has 7 heteroatoms. The maximum Gasteiger partial charge on any atom is 0.166 e. The number of fused-ring (bicyclic) bond motifs is 3. The third-order valence-electron chi connectivity index (χ3n) is 3.71. The van der Waals surface area contributed by atoms with Crippen LogP contribution in [-0.4, -0.2) is 15.0 Å². The molecule has 0 saturated carbocycles. The Labute approximate surface area is 124 Å². The van der Waals surface area contributed by atoms with E-state index in [0.717, 1.165) is 35.7 Å². The van der Waals surface area contributed by atoms with Gasteiger partial charge in [0, 0.05) is 11.1 Å². The number of rotatable bonds is 2. The Morgan fingerprint density at radius 3 is 3.00 bits per heavy atom. The molecule has 3 aromatic heterocycles. The van der Waals surface area contributed by atoms with E-state index in [1.807, 2.05) is 0 Å². The van der Waals surface area contributed by atoms with Crippen LogP contribution in [0.25, 0.3) is 21.6 Å². The van der Waals surface area contributed by atoms with Gasteiger partial charge in [-0.3, -0.25) is 4.98 Å². The van der Waals surface area contributed by atoms with Gasteiger partial charge in [-0.25, -0.2) is 20.2 Å². The number of anilines is 1. The molecule has 4 rings (SSSR count). The van der Waals surface area contributed by atoms with Gasteiger partial charge < -0.3 is 5.43 Å². The number of aryl methyl sites for hydroxylation is 2. The molecule has 0 fully saturated rings. The first-order chi connectivity index (χ1) is 10.3. The summed E-state index contributed by atoms with van der Waals surface area (Å²) in [6, 6.07) is 1.57. The van der Waals surface area contributed by atoms with Gasteiger partial charge in [0.05, 0.1) is 17.1 Å². The monoisotopic (exact) mass is 301 g/mol. The highest BCUT2D eigenvalue weighted by Gasteiger charge is 2.22. The summed E-state index contributed by atoms with van der Waals surface area (Å²) in [5, 5.41) is 0.980. The summed E-state index contributed by atoms with van der Waals surface area (Å²) in [6.07, 6.45) is 5.93. The third-order valence-corrected chi connectivity index (χ3v) is 4.90. The van der Waals surface area contributed by atoms with Crippen LogP contribution in [0, 0.1) is 5.82 Å². The van der Waals surface area contributed by atoms with Crippen LogP contribution in [0.1, 0.15) is 16.9 Å². The Bertz CT molecular complexity index is 845. The maximum atomic E-state index is 13.9. The third kappa shape index (κ3) is 1.89. The normalized spacial score (nSPS) is 13.6. The maximum absolute atomic E-state index is 13.9. The average Bonchev–Trinajstić information content (AvgIpc) is 3.07. The number of halogens is 1. The van der Waals surface area contributed by atoms with Crippen molar-refractivity contribution in [1.29, 1.82) is 0 Å². The zero-order chi connectivity index (χ0) is 14.4. The van der Waals surface area contributed by atoms with E-state index in [2.05, 4.69) is 20.4 Å². The van der Waals surface area contributed by atoms with E-state index in [4.69, 9.17) is 5.84 Å². The number of nitrogen functional groups attached to an aromatic ring is 1. The number of hydrogen-bond donors (Lipinski definition) is 2. The first kappa shape index (κ1) is 12.6. The molecular weight excluding hydrogens is 289 g/mol. The zero-order valence-electron chi connectivity index (χ0n) is 11.1. The van der Waals surface area contributed by atoms with Gasteiger partial charge in [0.25, 0.3) is 0 Å². The quantitative estimate of drug-likeness (QED) is 0.562. The van der Waals surface area contributed by atoms with E-state index < -0.39 is 5.82 Å². The van der Waals surface area contributed by atoms with E-state index >= 15 is 0 Å². The number of thiophene rings is 1. The van der Waals surface area contributed by atoms with Crippen LogP contribution in [0.2, 0.25) is 0 Å². The largest absolute Gasteiger partial charge is 0.308 e. The van der Waals surface area contributed by atoms with Crippen molar-refractivity contribution < 1.29 is 4.39 Å². The SMILES string of the molecule is NNc1nc(-c2ccncc2F)nc2sc3c(c12)CCC3. The minimum Gasteiger partial charge on any atom is -0.308 e. The highest BCUT2D eigenvalue weighted by molar-refractivity contribution is 7.19. The minimum atomic E-state index is -0.441. The molecule has 0 aromatic carbocycles. The van der Waals surface area contributed by atoms with E-state index in [-0.39, 0.29) is 0 Å². The average molecular weight is 301 g/mol. The molecule has 21 heavy (non-hydrogen) atoms. The predicted molar refractivity (Wildman–Crippen MR) is 80.4 cm³/mol. The lowest BCUT2D eigenvalue weighted by Crippen LogP contribution is -2.10. The van der Waals surface area contributed by atoms with Gasteiger partial charge in [0.15, 0.2) is 17.5 Å². The second kappa shape index (κ2) is 4.71. The Hall–Kier alpha value is -2.12. The van der Waals surface area contributed by atoms with Gasteiger partial charge in [0.2, 0.25) is 0 Å². The van der Waals surface area contributed by atoms with Crippen LogP contribution < -0.4 is 11.3 Å². The number of hydrazine groups is 1. The van der Waals surface area contributed by atoms with Gasteiger partial charge in [-0.1, -0.05) is 0 Å².